The van der Waals surface area contributed by atoms with E-state index in [4.69, 9.17) is 0 Å². The summed E-state index contributed by atoms with van der Waals surface area (Å²) in [6.45, 7) is 1.61. The Labute approximate surface area is 143 Å². The van der Waals surface area contributed by atoms with Crippen molar-refractivity contribution in [3.63, 3.8) is 0 Å². The molecule has 0 aliphatic rings. The van der Waals surface area contributed by atoms with E-state index in [1.165, 1.54) is 24.3 Å². The standard InChI is InChI=1S/C16H17NO5S2/c1-15-9-11-16(12-10-15)24(20,21)17-13-7-5-3-4-6-8-14-22-23(2,18)19/h3-4,9-12,17H,13-14H2,1-2H3/b4-3+. The van der Waals surface area contributed by atoms with Crippen LogP contribution in [0.5, 0.6) is 0 Å². The average Bonchev–Trinajstić information content (AvgIpc) is 2.48. The summed E-state index contributed by atoms with van der Waals surface area (Å²) < 4.78 is 52.0. The largest absolute Gasteiger partial charge is 0.265 e. The maximum absolute atomic E-state index is 11.9. The van der Waals surface area contributed by atoms with E-state index in [9.17, 15) is 16.8 Å². The van der Waals surface area contributed by atoms with Crippen molar-refractivity contribution < 1.29 is 21.0 Å². The maximum atomic E-state index is 11.9. The van der Waals surface area contributed by atoms with Crippen molar-refractivity contribution in [1.82, 2.24) is 4.72 Å². The van der Waals surface area contributed by atoms with Gasteiger partial charge in [0, 0.05) is 0 Å². The lowest BCUT2D eigenvalue weighted by Crippen LogP contribution is -2.23. The van der Waals surface area contributed by atoms with E-state index in [-0.39, 0.29) is 18.0 Å². The molecule has 0 saturated heterocycles. The molecule has 0 saturated carbocycles. The SMILES string of the molecule is Cc1ccc(S(=O)(=O)NCC#C/C=C/C#CCOS(C)(=O)=O)cc1. The van der Waals surface area contributed by atoms with Crippen LogP contribution >= 0.6 is 0 Å². The highest BCUT2D eigenvalue weighted by atomic mass is 32.2. The van der Waals surface area contributed by atoms with Crippen LogP contribution in [-0.4, -0.2) is 36.2 Å². The van der Waals surface area contributed by atoms with Gasteiger partial charge in [-0.3, -0.25) is 4.18 Å². The summed E-state index contributed by atoms with van der Waals surface area (Å²) in [6.07, 6.45) is 3.77. The molecular weight excluding hydrogens is 350 g/mol. The predicted octanol–water partition coefficient (Wildman–Crippen LogP) is 0.813. The van der Waals surface area contributed by atoms with Gasteiger partial charge in [-0.15, -0.1) is 0 Å². The van der Waals surface area contributed by atoms with Crippen molar-refractivity contribution in [2.75, 3.05) is 19.4 Å². The Hall–Kier alpha value is -2.10. The van der Waals surface area contributed by atoms with Crippen molar-refractivity contribution >= 4 is 20.1 Å². The van der Waals surface area contributed by atoms with Crippen LogP contribution < -0.4 is 4.72 Å². The number of sulfonamides is 1. The van der Waals surface area contributed by atoms with Gasteiger partial charge in [0.25, 0.3) is 10.1 Å². The Morgan fingerprint density at radius 1 is 1.04 bits per heavy atom. The number of aryl methyl sites for hydroxylation is 1. The summed E-state index contributed by atoms with van der Waals surface area (Å²) in [6, 6.07) is 6.49. The summed E-state index contributed by atoms with van der Waals surface area (Å²) in [7, 11) is -7.06. The van der Waals surface area contributed by atoms with Gasteiger partial charge in [0.05, 0.1) is 17.7 Å². The van der Waals surface area contributed by atoms with Gasteiger partial charge in [-0.2, -0.15) is 13.1 Å². The van der Waals surface area contributed by atoms with Gasteiger partial charge >= 0.3 is 0 Å². The van der Waals surface area contributed by atoms with Crippen LogP contribution in [0.1, 0.15) is 5.56 Å². The molecule has 0 spiro atoms. The van der Waals surface area contributed by atoms with E-state index >= 15 is 0 Å². The third-order valence-electron chi connectivity index (χ3n) is 2.48. The number of nitrogens with one attached hydrogen (secondary N) is 1. The highest BCUT2D eigenvalue weighted by Gasteiger charge is 2.11. The molecule has 0 unspecified atom stereocenters. The molecule has 128 valence electrons. The highest BCUT2D eigenvalue weighted by Crippen LogP contribution is 2.09. The average molecular weight is 367 g/mol. The zero-order valence-corrected chi connectivity index (χ0v) is 14.9. The normalized spacial score (nSPS) is 11.4. The van der Waals surface area contributed by atoms with Crippen molar-refractivity contribution in [1.29, 1.82) is 0 Å². The van der Waals surface area contributed by atoms with Crippen LogP contribution in [0.4, 0.5) is 0 Å². The molecule has 0 atom stereocenters. The first-order valence-corrected chi connectivity index (χ1v) is 10.0. The molecule has 0 amide bonds. The number of hydrogen-bond donors (Lipinski definition) is 1. The molecule has 0 aromatic heterocycles. The molecule has 0 heterocycles. The predicted molar refractivity (Wildman–Crippen MR) is 91.9 cm³/mol. The molecule has 1 aromatic carbocycles. The summed E-state index contributed by atoms with van der Waals surface area (Å²) >= 11 is 0. The minimum Gasteiger partial charge on any atom is -0.257 e. The van der Waals surface area contributed by atoms with Crippen molar-refractivity contribution in [2.45, 2.75) is 11.8 Å². The maximum Gasteiger partial charge on any atom is 0.265 e. The summed E-state index contributed by atoms with van der Waals surface area (Å²) in [5, 5.41) is 0. The summed E-state index contributed by atoms with van der Waals surface area (Å²) in [4.78, 5) is 0.183. The number of rotatable bonds is 5. The van der Waals surface area contributed by atoms with Gasteiger partial charge in [0.15, 0.2) is 0 Å². The molecule has 1 rings (SSSR count). The second-order valence-electron chi connectivity index (χ2n) is 4.58. The topological polar surface area (TPSA) is 89.5 Å². The Balaban J connectivity index is 2.43. The van der Waals surface area contributed by atoms with Crippen molar-refractivity contribution in [3.05, 3.63) is 42.0 Å². The minimum atomic E-state index is -3.57. The first-order chi connectivity index (χ1) is 11.2. The lowest BCUT2D eigenvalue weighted by atomic mass is 10.2. The van der Waals surface area contributed by atoms with Crippen LogP contribution in [0.3, 0.4) is 0 Å². The van der Waals surface area contributed by atoms with E-state index in [1.54, 1.807) is 12.1 Å². The van der Waals surface area contributed by atoms with Crippen LogP contribution in [0.15, 0.2) is 41.3 Å². The molecule has 6 nitrogen and oxygen atoms in total. The van der Waals surface area contributed by atoms with Gasteiger partial charge in [-0.1, -0.05) is 41.4 Å². The molecule has 1 aromatic rings. The van der Waals surface area contributed by atoms with Gasteiger partial charge in [0.2, 0.25) is 10.0 Å². The lowest BCUT2D eigenvalue weighted by molar-refractivity contribution is 0.368. The molecule has 0 aliphatic carbocycles. The summed E-state index contributed by atoms with van der Waals surface area (Å²) in [5.74, 6) is 10.2. The van der Waals surface area contributed by atoms with Crippen LogP contribution in [0.25, 0.3) is 0 Å². The van der Waals surface area contributed by atoms with Gasteiger partial charge < -0.3 is 0 Å². The van der Waals surface area contributed by atoms with Crippen LogP contribution in [-0.2, 0) is 24.3 Å². The third-order valence-corrected chi connectivity index (χ3v) is 4.44. The second kappa shape index (κ2) is 9.26. The van der Waals surface area contributed by atoms with Gasteiger partial charge in [0.1, 0.15) is 6.61 Å². The Morgan fingerprint density at radius 2 is 1.62 bits per heavy atom. The molecule has 0 fully saturated rings. The molecule has 8 heteroatoms. The van der Waals surface area contributed by atoms with Crippen LogP contribution in [0.2, 0.25) is 0 Å². The third kappa shape index (κ3) is 8.51. The smallest absolute Gasteiger partial charge is 0.257 e. The quantitative estimate of drug-likeness (QED) is 0.615. The highest BCUT2D eigenvalue weighted by molar-refractivity contribution is 7.89. The number of benzene rings is 1. The number of hydrogen-bond acceptors (Lipinski definition) is 5. The molecule has 1 N–H and O–H groups in total. The Kier molecular flexibility index (Phi) is 7.69. The van der Waals surface area contributed by atoms with Crippen LogP contribution in [0, 0.1) is 30.6 Å². The van der Waals surface area contributed by atoms with Gasteiger partial charge in [-0.05, 0) is 31.2 Å². The Bertz CT molecular complexity index is 907. The fourth-order valence-electron chi connectivity index (χ4n) is 1.36. The zero-order chi connectivity index (χ0) is 18.1. The van der Waals surface area contributed by atoms with E-state index in [0.29, 0.717) is 0 Å². The second-order valence-corrected chi connectivity index (χ2v) is 7.99. The Morgan fingerprint density at radius 3 is 2.21 bits per heavy atom. The fourth-order valence-corrected chi connectivity index (χ4v) is 2.56. The zero-order valence-electron chi connectivity index (χ0n) is 13.2. The van der Waals surface area contributed by atoms with Crippen molar-refractivity contribution in [2.24, 2.45) is 0 Å². The van der Waals surface area contributed by atoms with Crippen molar-refractivity contribution in [3.8, 4) is 23.7 Å². The van der Waals surface area contributed by atoms with E-state index in [0.717, 1.165) is 11.8 Å². The van der Waals surface area contributed by atoms with E-state index < -0.39 is 20.1 Å². The first kappa shape index (κ1) is 19.9. The van der Waals surface area contributed by atoms with Gasteiger partial charge in [-0.25, -0.2) is 8.42 Å². The molecular formula is C16H17NO5S2. The van der Waals surface area contributed by atoms with E-state index in [1.807, 2.05) is 6.92 Å². The minimum absolute atomic E-state index is 0.0365. The van der Waals surface area contributed by atoms with E-state index in [2.05, 4.69) is 32.6 Å². The molecule has 0 bridgehead atoms. The molecule has 0 aliphatic heterocycles. The fraction of sp³-hybridized carbons (Fsp3) is 0.250. The summed E-state index contributed by atoms with van der Waals surface area (Å²) in [5.41, 5.74) is 0.974. The monoisotopic (exact) mass is 367 g/mol. The first-order valence-electron chi connectivity index (χ1n) is 6.73. The molecule has 0 radical (unpaired) electrons. The lowest BCUT2D eigenvalue weighted by Gasteiger charge is -2.03. The molecule has 24 heavy (non-hydrogen) atoms. The number of allylic oxidation sites excluding steroid dienone is 2.